The first-order chi connectivity index (χ1) is 12.0. The third-order valence-corrected chi connectivity index (χ3v) is 5.00. The highest BCUT2D eigenvalue weighted by Crippen LogP contribution is 2.39. The van der Waals surface area contributed by atoms with Gasteiger partial charge in [-0.3, -0.25) is 10.4 Å². The van der Waals surface area contributed by atoms with Gasteiger partial charge in [0, 0.05) is 5.56 Å². The van der Waals surface area contributed by atoms with Gasteiger partial charge in [0.2, 0.25) is 0 Å². The van der Waals surface area contributed by atoms with Crippen LogP contribution >= 0.6 is 23.2 Å². The second kappa shape index (κ2) is 5.97. The molecular weight excluding hydrogens is 369 g/mol. The van der Waals surface area contributed by atoms with Gasteiger partial charge in [0.05, 0.1) is 27.0 Å². The summed E-state index contributed by atoms with van der Waals surface area (Å²) in [7, 11) is 0. The van der Waals surface area contributed by atoms with E-state index in [0.717, 1.165) is 0 Å². The number of benzene rings is 2. The minimum Gasteiger partial charge on any atom is -0.306 e. The van der Waals surface area contributed by atoms with Gasteiger partial charge in [0.15, 0.2) is 5.84 Å². The Morgan fingerprint density at radius 3 is 2.56 bits per heavy atom. The fourth-order valence-corrected chi connectivity index (χ4v) is 3.48. The number of hydrogen-bond donors (Lipinski definition) is 1. The maximum absolute atomic E-state index is 14.5. The monoisotopic (exact) mass is 380 g/mol. The molecule has 0 saturated carbocycles. The van der Waals surface area contributed by atoms with Crippen LogP contribution in [0.1, 0.15) is 18.1 Å². The molecule has 4 rings (SSSR count). The summed E-state index contributed by atoms with van der Waals surface area (Å²) < 4.78 is 28.9. The summed E-state index contributed by atoms with van der Waals surface area (Å²) >= 11 is 12.6. The zero-order chi connectivity index (χ0) is 17.7. The Kier molecular flexibility index (Phi) is 3.89. The molecule has 2 aliphatic heterocycles. The van der Waals surface area contributed by atoms with Crippen molar-refractivity contribution in [1.29, 1.82) is 0 Å². The van der Waals surface area contributed by atoms with Gasteiger partial charge in [-0.2, -0.15) is 5.10 Å². The van der Waals surface area contributed by atoms with Crippen molar-refractivity contribution in [1.82, 2.24) is 5.43 Å². The molecule has 0 unspecified atom stereocenters. The Bertz CT molecular complexity index is 922. The lowest BCUT2D eigenvalue weighted by Gasteiger charge is -2.22. The van der Waals surface area contributed by atoms with Crippen LogP contribution in [0.5, 0.6) is 0 Å². The molecule has 0 saturated heterocycles. The SMILES string of the molecule is C[C@@H]1N=C(c2c(F)cccc2F)c2c(ccc(Cl)c2Cl)N2CNN=C12. The lowest BCUT2D eigenvalue weighted by Crippen LogP contribution is -2.34. The topological polar surface area (TPSA) is 40.0 Å². The largest absolute Gasteiger partial charge is 0.306 e. The molecule has 0 amide bonds. The summed E-state index contributed by atoms with van der Waals surface area (Å²) in [5.41, 5.74) is 3.83. The molecule has 2 heterocycles. The van der Waals surface area contributed by atoms with Gasteiger partial charge in [-0.15, -0.1) is 0 Å². The molecule has 2 aromatic rings. The molecule has 0 spiro atoms. The van der Waals surface area contributed by atoms with Crippen molar-refractivity contribution in [3.63, 3.8) is 0 Å². The van der Waals surface area contributed by atoms with Gasteiger partial charge in [-0.05, 0) is 31.2 Å². The van der Waals surface area contributed by atoms with Gasteiger partial charge >= 0.3 is 0 Å². The Hall–Kier alpha value is -2.18. The summed E-state index contributed by atoms with van der Waals surface area (Å²) in [5, 5.41) is 4.72. The number of fused-ring (bicyclic) bond motifs is 3. The number of aliphatic imine (C=N–C) groups is 1. The first-order valence-corrected chi connectivity index (χ1v) is 8.33. The number of anilines is 1. The zero-order valence-corrected chi connectivity index (χ0v) is 14.5. The van der Waals surface area contributed by atoms with Crippen LogP contribution in [-0.4, -0.2) is 24.3 Å². The van der Waals surface area contributed by atoms with Gasteiger partial charge in [-0.1, -0.05) is 29.3 Å². The third-order valence-electron chi connectivity index (χ3n) is 4.20. The second-order valence-corrected chi connectivity index (χ2v) is 6.51. The van der Waals surface area contributed by atoms with Gasteiger partial charge in [-0.25, -0.2) is 8.78 Å². The van der Waals surface area contributed by atoms with Crippen molar-refractivity contribution in [2.45, 2.75) is 13.0 Å². The molecule has 2 aliphatic rings. The molecule has 0 bridgehead atoms. The number of hydrazone groups is 1. The van der Waals surface area contributed by atoms with E-state index in [9.17, 15) is 8.78 Å². The van der Waals surface area contributed by atoms with Crippen LogP contribution in [0.2, 0.25) is 10.0 Å². The fraction of sp³-hybridized carbons (Fsp3) is 0.176. The smallest absolute Gasteiger partial charge is 0.155 e. The highest BCUT2D eigenvalue weighted by molar-refractivity contribution is 6.45. The third kappa shape index (κ3) is 2.48. The quantitative estimate of drug-likeness (QED) is 0.805. The van der Waals surface area contributed by atoms with Crippen LogP contribution in [0.4, 0.5) is 14.5 Å². The summed E-state index contributed by atoms with van der Waals surface area (Å²) in [5.74, 6) is -0.781. The van der Waals surface area contributed by atoms with E-state index in [0.29, 0.717) is 23.8 Å². The van der Waals surface area contributed by atoms with E-state index in [1.807, 2.05) is 4.90 Å². The van der Waals surface area contributed by atoms with Gasteiger partial charge in [0.1, 0.15) is 24.3 Å². The van der Waals surface area contributed by atoms with Crippen LogP contribution in [0.3, 0.4) is 0 Å². The van der Waals surface area contributed by atoms with E-state index in [1.54, 1.807) is 19.1 Å². The second-order valence-electron chi connectivity index (χ2n) is 5.72. The normalized spacial score (nSPS) is 18.8. The summed E-state index contributed by atoms with van der Waals surface area (Å²) in [6.45, 7) is 2.21. The van der Waals surface area contributed by atoms with Crippen molar-refractivity contribution >= 4 is 40.4 Å². The van der Waals surface area contributed by atoms with Crippen LogP contribution < -0.4 is 10.3 Å². The number of amidine groups is 1. The minimum absolute atomic E-state index is 0.128. The Balaban J connectivity index is 2.08. The Labute approximate surface area is 152 Å². The first kappa shape index (κ1) is 16.3. The average Bonchev–Trinajstić information content (AvgIpc) is 3.02. The van der Waals surface area contributed by atoms with E-state index < -0.39 is 17.7 Å². The fourth-order valence-electron chi connectivity index (χ4n) is 3.08. The highest BCUT2D eigenvalue weighted by Gasteiger charge is 2.34. The Morgan fingerprint density at radius 1 is 1.12 bits per heavy atom. The molecule has 128 valence electrons. The number of rotatable bonds is 1. The summed E-state index contributed by atoms with van der Waals surface area (Å²) in [6.07, 6.45) is 0. The molecule has 2 aromatic carbocycles. The molecule has 4 nitrogen and oxygen atoms in total. The van der Waals surface area contributed by atoms with Crippen molar-refractivity contribution in [2.75, 3.05) is 11.6 Å². The molecule has 0 aliphatic carbocycles. The van der Waals surface area contributed by atoms with E-state index >= 15 is 0 Å². The lowest BCUT2D eigenvalue weighted by atomic mass is 9.99. The summed E-state index contributed by atoms with van der Waals surface area (Å²) in [6, 6.07) is 6.65. The number of hydrogen-bond acceptors (Lipinski definition) is 4. The van der Waals surface area contributed by atoms with Crippen LogP contribution in [0.25, 0.3) is 0 Å². The standard InChI is InChI=1S/C17H12Cl2F2N4/c1-8-17-24-22-7-25(17)12-6-5-9(18)15(19)14(12)16(23-8)13-10(20)3-2-4-11(13)21/h2-6,8,22H,7H2,1H3/t8-/m0/s1. The molecule has 0 radical (unpaired) electrons. The van der Waals surface area contributed by atoms with Gasteiger partial charge in [0.25, 0.3) is 0 Å². The molecule has 25 heavy (non-hydrogen) atoms. The number of nitrogens with zero attached hydrogens (tertiary/aromatic N) is 3. The van der Waals surface area contributed by atoms with Crippen molar-refractivity contribution in [2.24, 2.45) is 10.1 Å². The van der Waals surface area contributed by atoms with Crippen LogP contribution in [0.15, 0.2) is 40.4 Å². The predicted molar refractivity (Wildman–Crippen MR) is 95.8 cm³/mol. The van der Waals surface area contributed by atoms with Gasteiger partial charge < -0.3 is 4.90 Å². The molecule has 1 atom stereocenters. The highest BCUT2D eigenvalue weighted by atomic mass is 35.5. The Morgan fingerprint density at radius 2 is 1.84 bits per heavy atom. The lowest BCUT2D eigenvalue weighted by molar-refractivity contribution is 0.579. The predicted octanol–water partition coefficient (Wildman–Crippen LogP) is 4.19. The van der Waals surface area contributed by atoms with Crippen LogP contribution in [-0.2, 0) is 0 Å². The number of halogens is 4. The van der Waals surface area contributed by atoms with Crippen molar-refractivity contribution in [3.8, 4) is 0 Å². The summed E-state index contributed by atoms with van der Waals surface area (Å²) in [4.78, 5) is 6.41. The number of nitrogens with one attached hydrogen (secondary N) is 1. The van der Waals surface area contributed by atoms with Crippen molar-refractivity contribution in [3.05, 3.63) is 63.1 Å². The van der Waals surface area contributed by atoms with E-state index in [1.165, 1.54) is 18.2 Å². The molecule has 0 aromatic heterocycles. The average molecular weight is 381 g/mol. The maximum atomic E-state index is 14.5. The molecule has 1 N–H and O–H groups in total. The zero-order valence-electron chi connectivity index (χ0n) is 13.0. The van der Waals surface area contributed by atoms with Crippen LogP contribution in [0, 0.1) is 11.6 Å². The molecule has 0 fully saturated rings. The molecule has 8 heteroatoms. The minimum atomic E-state index is -0.713. The molecular formula is C17H12Cl2F2N4. The van der Waals surface area contributed by atoms with Crippen molar-refractivity contribution < 1.29 is 8.78 Å². The van der Waals surface area contributed by atoms with E-state index in [-0.39, 0.29) is 21.3 Å². The first-order valence-electron chi connectivity index (χ1n) is 7.57. The van der Waals surface area contributed by atoms with E-state index in [2.05, 4.69) is 15.5 Å². The maximum Gasteiger partial charge on any atom is 0.155 e. The van der Waals surface area contributed by atoms with E-state index in [4.69, 9.17) is 23.2 Å².